The number of aromatic nitrogens is 1. The van der Waals surface area contributed by atoms with Crippen LogP contribution in [0.1, 0.15) is 27.7 Å². The summed E-state index contributed by atoms with van der Waals surface area (Å²) < 4.78 is 13.2. The van der Waals surface area contributed by atoms with E-state index in [0.717, 1.165) is 21.0 Å². The summed E-state index contributed by atoms with van der Waals surface area (Å²) in [6.45, 7) is 8.26. The Hall–Kier alpha value is -0.775. The fourth-order valence-corrected chi connectivity index (χ4v) is 2.94. The van der Waals surface area contributed by atoms with Crippen molar-refractivity contribution >= 4 is 39.4 Å². The normalized spacial score (nSPS) is 21.2. The van der Waals surface area contributed by atoms with Gasteiger partial charge in [0.25, 0.3) is 0 Å². The summed E-state index contributed by atoms with van der Waals surface area (Å²) in [6.07, 6.45) is 0. The lowest BCUT2D eigenvalue weighted by Gasteiger charge is -2.32. The molecular weight excluding hydrogens is 305 g/mol. The first kappa shape index (κ1) is 13.2. The molecule has 3 nitrogen and oxygen atoms in total. The molecule has 5 heteroatoms. The van der Waals surface area contributed by atoms with Crippen molar-refractivity contribution in [3.05, 3.63) is 28.9 Å². The first-order valence-electron chi connectivity index (χ1n) is 6.43. The Kier molecular flexibility index (Phi) is 2.86. The molecule has 0 atom stereocenters. The van der Waals surface area contributed by atoms with E-state index in [4.69, 9.17) is 9.31 Å². The zero-order chi connectivity index (χ0) is 13.8. The number of fused-ring (bicyclic) bond motifs is 1. The Labute approximate surface area is 121 Å². The standard InChI is InChI=1S/C14H17BBrNO2/c1-13(2)14(3,4)19-15(18-13)11-9-7-5-6-8-10(9)17-12(11)16/h5-8,17H,1-4H3. The van der Waals surface area contributed by atoms with E-state index in [2.05, 4.69) is 60.7 Å². The van der Waals surface area contributed by atoms with Gasteiger partial charge in [0.2, 0.25) is 0 Å². The molecular formula is C14H17BBrNO2. The molecule has 1 saturated heterocycles. The fourth-order valence-electron chi connectivity index (χ4n) is 2.32. The maximum atomic E-state index is 6.13. The van der Waals surface area contributed by atoms with E-state index in [9.17, 15) is 0 Å². The van der Waals surface area contributed by atoms with Gasteiger partial charge in [-0.3, -0.25) is 0 Å². The Morgan fingerprint density at radius 3 is 2.26 bits per heavy atom. The molecule has 2 heterocycles. The van der Waals surface area contributed by atoms with Crippen LogP contribution in [0.25, 0.3) is 10.9 Å². The second kappa shape index (κ2) is 4.11. The van der Waals surface area contributed by atoms with Gasteiger partial charge in [0.1, 0.15) is 0 Å². The van der Waals surface area contributed by atoms with E-state index in [-0.39, 0.29) is 18.3 Å². The van der Waals surface area contributed by atoms with Crippen LogP contribution >= 0.6 is 15.9 Å². The van der Waals surface area contributed by atoms with Gasteiger partial charge in [0, 0.05) is 16.4 Å². The Balaban J connectivity index is 2.10. The van der Waals surface area contributed by atoms with Crippen LogP contribution in [0.15, 0.2) is 28.9 Å². The topological polar surface area (TPSA) is 34.2 Å². The average molecular weight is 322 g/mol. The monoisotopic (exact) mass is 321 g/mol. The number of hydrogen-bond acceptors (Lipinski definition) is 2. The molecule has 0 unspecified atom stereocenters. The van der Waals surface area contributed by atoms with E-state index in [1.54, 1.807) is 0 Å². The third kappa shape index (κ3) is 1.95. The molecule has 1 N–H and O–H groups in total. The highest BCUT2D eigenvalue weighted by Gasteiger charge is 2.52. The molecule has 19 heavy (non-hydrogen) atoms. The van der Waals surface area contributed by atoms with E-state index in [1.807, 2.05) is 12.1 Å². The van der Waals surface area contributed by atoms with Gasteiger partial charge in [-0.2, -0.15) is 0 Å². The Bertz CT molecular complexity index is 619. The maximum Gasteiger partial charge on any atom is 0.498 e. The van der Waals surface area contributed by atoms with Crippen LogP contribution < -0.4 is 5.46 Å². The average Bonchev–Trinajstić information content (AvgIpc) is 2.72. The smallest absolute Gasteiger partial charge is 0.399 e. The SMILES string of the molecule is CC1(C)OB(c2c(Br)[nH]c3ccccc23)OC1(C)C. The van der Waals surface area contributed by atoms with Crippen molar-refractivity contribution in [3.63, 3.8) is 0 Å². The van der Waals surface area contributed by atoms with Gasteiger partial charge in [-0.1, -0.05) is 18.2 Å². The van der Waals surface area contributed by atoms with Gasteiger partial charge in [0.05, 0.1) is 15.8 Å². The highest BCUT2D eigenvalue weighted by Crippen LogP contribution is 2.37. The molecule has 3 rings (SSSR count). The maximum absolute atomic E-state index is 6.13. The third-order valence-corrected chi connectivity index (χ3v) is 4.81. The first-order chi connectivity index (χ1) is 8.82. The molecule has 100 valence electrons. The summed E-state index contributed by atoms with van der Waals surface area (Å²) in [5.74, 6) is 0. The highest BCUT2D eigenvalue weighted by atomic mass is 79.9. The van der Waals surface area contributed by atoms with Crippen LogP contribution in [-0.4, -0.2) is 23.3 Å². The van der Waals surface area contributed by atoms with Crippen molar-refractivity contribution in [1.82, 2.24) is 4.98 Å². The van der Waals surface area contributed by atoms with E-state index < -0.39 is 0 Å². The lowest BCUT2D eigenvalue weighted by molar-refractivity contribution is 0.00578. The lowest BCUT2D eigenvalue weighted by Crippen LogP contribution is -2.41. The van der Waals surface area contributed by atoms with Crippen LogP contribution in [0.3, 0.4) is 0 Å². The van der Waals surface area contributed by atoms with Crippen LogP contribution in [0, 0.1) is 0 Å². The number of nitrogens with one attached hydrogen (secondary N) is 1. The summed E-state index contributed by atoms with van der Waals surface area (Å²) in [6, 6.07) is 8.17. The summed E-state index contributed by atoms with van der Waals surface area (Å²) in [5.41, 5.74) is 1.47. The van der Waals surface area contributed by atoms with Crippen LogP contribution in [0.5, 0.6) is 0 Å². The van der Waals surface area contributed by atoms with Crippen molar-refractivity contribution in [2.45, 2.75) is 38.9 Å². The number of halogens is 1. The molecule has 1 fully saturated rings. The fraction of sp³-hybridized carbons (Fsp3) is 0.429. The molecule has 1 aliphatic heterocycles. The van der Waals surface area contributed by atoms with Gasteiger partial charge < -0.3 is 14.3 Å². The van der Waals surface area contributed by atoms with Crippen LogP contribution in [-0.2, 0) is 9.31 Å². The molecule has 2 aromatic rings. The van der Waals surface area contributed by atoms with Gasteiger partial charge in [-0.25, -0.2) is 0 Å². The van der Waals surface area contributed by atoms with E-state index in [0.29, 0.717) is 0 Å². The first-order valence-corrected chi connectivity index (χ1v) is 7.23. The zero-order valence-electron chi connectivity index (χ0n) is 11.6. The second-order valence-corrected chi connectivity index (χ2v) is 6.78. The Morgan fingerprint density at radius 2 is 1.63 bits per heavy atom. The molecule has 1 aromatic heterocycles. The molecule has 0 spiro atoms. The number of H-pyrrole nitrogens is 1. The molecule has 0 amide bonds. The van der Waals surface area contributed by atoms with Gasteiger partial charge in [-0.15, -0.1) is 0 Å². The van der Waals surface area contributed by atoms with Crippen molar-refractivity contribution in [1.29, 1.82) is 0 Å². The van der Waals surface area contributed by atoms with Crippen molar-refractivity contribution in [2.24, 2.45) is 0 Å². The largest absolute Gasteiger partial charge is 0.498 e. The van der Waals surface area contributed by atoms with Crippen molar-refractivity contribution in [2.75, 3.05) is 0 Å². The number of hydrogen-bond donors (Lipinski definition) is 1. The number of para-hydroxylation sites is 1. The summed E-state index contributed by atoms with van der Waals surface area (Å²) in [5, 5.41) is 1.13. The van der Waals surface area contributed by atoms with Gasteiger partial charge in [0.15, 0.2) is 0 Å². The minimum atomic E-state index is -0.351. The Morgan fingerprint density at radius 1 is 1.05 bits per heavy atom. The van der Waals surface area contributed by atoms with Crippen molar-refractivity contribution < 1.29 is 9.31 Å². The molecule has 0 aliphatic carbocycles. The quantitative estimate of drug-likeness (QED) is 0.818. The van der Waals surface area contributed by atoms with Crippen LogP contribution in [0.2, 0.25) is 0 Å². The minimum Gasteiger partial charge on any atom is -0.399 e. The summed E-state index contributed by atoms with van der Waals surface area (Å²) in [7, 11) is -0.351. The predicted octanol–water partition coefficient (Wildman–Crippen LogP) is 3.23. The highest BCUT2D eigenvalue weighted by molar-refractivity contribution is 9.10. The zero-order valence-corrected chi connectivity index (χ0v) is 13.2. The van der Waals surface area contributed by atoms with Gasteiger partial charge in [-0.05, 0) is 49.7 Å². The number of rotatable bonds is 1. The second-order valence-electron chi connectivity index (χ2n) is 5.99. The van der Waals surface area contributed by atoms with Crippen molar-refractivity contribution in [3.8, 4) is 0 Å². The number of benzene rings is 1. The third-order valence-electron chi connectivity index (χ3n) is 4.19. The summed E-state index contributed by atoms with van der Waals surface area (Å²) in [4.78, 5) is 3.32. The lowest BCUT2D eigenvalue weighted by atomic mass is 9.79. The predicted molar refractivity (Wildman–Crippen MR) is 81.7 cm³/mol. The minimum absolute atomic E-state index is 0.324. The molecule has 0 saturated carbocycles. The summed E-state index contributed by atoms with van der Waals surface area (Å²) >= 11 is 3.58. The molecule has 0 radical (unpaired) electrons. The number of aromatic amines is 1. The van der Waals surface area contributed by atoms with Gasteiger partial charge >= 0.3 is 7.12 Å². The van der Waals surface area contributed by atoms with E-state index in [1.165, 1.54) is 0 Å². The van der Waals surface area contributed by atoms with E-state index >= 15 is 0 Å². The molecule has 1 aliphatic rings. The molecule has 0 bridgehead atoms. The van der Waals surface area contributed by atoms with Crippen LogP contribution in [0.4, 0.5) is 0 Å². The molecule has 1 aromatic carbocycles.